The standard InChI is InChI=1S/C6H6ClNO2S2/c1-2-5-4(8(9)10)3-6(11-5)12-7/h3H,2H2,1H3. The second-order valence-electron chi connectivity index (χ2n) is 2.06. The predicted octanol–water partition coefficient (Wildman–Crippen LogP) is 3.46. The molecular weight excluding hydrogens is 218 g/mol. The highest BCUT2D eigenvalue weighted by Crippen LogP contribution is 2.37. The Kier molecular flexibility index (Phi) is 3.37. The molecule has 0 unspecified atom stereocenters. The molecule has 0 spiro atoms. The van der Waals surface area contributed by atoms with Crippen LogP contribution in [0.15, 0.2) is 10.3 Å². The number of thiophene rings is 1. The predicted molar refractivity (Wildman–Crippen MR) is 52.1 cm³/mol. The molecule has 0 saturated heterocycles. The van der Waals surface area contributed by atoms with Crippen LogP contribution in [0.25, 0.3) is 0 Å². The summed E-state index contributed by atoms with van der Waals surface area (Å²) in [5, 5.41) is 10.5. The van der Waals surface area contributed by atoms with Crippen molar-refractivity contribution in [3.8, 4) is 0 Å². The first-order valence-corrected chi connectivity index (χ1v) is 5.70. The first-order valence-electron chi connectivity index (χ1n) is 3.24. The fraction of sp³-hybridized carbons (Fsp3) is 0.333. The van der Waals surface area contributed by atoms with Gasteiger partial charge in [0.2, 0.25) is 0 Å². The van der Waals surface area contributed by atoms with Crippen LogP contribution in [0.5, 0.6) is 0 Å². The molecule has 0 N–H and O–H groups in total. The number of hydrogen-bond acceptors (Lipinski definition) is 4. The summed E-state index contributed by atoms with van der Waals surface area (Å²) in [7, 11) is 6.50. The largest absolute Gasteiger partial charge is 0.284 e. The lowest BCUT2D eigenvalue weighted by molar-refractivity contribution is -0.385. The van der Waals surface area contributed by atoms with E-state index in [1.807, 2.05) is 6.92 Å². The van der Waals surface area contributed by atoms with E-state index < -0.39 is 0 Å². The molecule has 66 valence electrons. The van der Waals surface area contributed by atoms with Crippen molar-refractivity contribution >= 4 is 38.7 Å². The summed E-state index contributed by atoms with van der Waals surface area (Å²) in [5.41, 5.74) is 0.186. The van der Waals surface area contributed by atoms with E-state index in [0.717, 1.165) is 20.1 Å². The molecule has 0 aliphatic carbocycles. The second-order valence-corrected chi connectivity index (χ2v) is 4.51. The fourth-order valence-electron chi connectivity index (χ4n) is 0.841. The van der Waals surface area contributed by atoms with Crippen molar-refractivity contribution in [2.24, 2.45) is 0 Å². The van der Waals surface area contributed by atoms with Gasteiger partial charge in [0.05, 0.1) is 14.0 Å². The van der Waals surface area contributed by atoms with Crippen LogP contribution in [-0.4, -0.2) is 4.92 Å². The van der Waals surface area contributed by atoms with Gasteiger partial charge in [-0.15, -0.1) is 11.3 Å². The van der Waals surface area contributed by atoms with Gasteiger partial charge in [0.15, 0.2) is 0 Å². The Hall–Kier alpha value is -0.260. The third kappa shape index (κ3) is 1.91. The molecule has 0 atom stereocenters. The third-order valence-electron chi connectivity index (χ3n) is 1.36. The molecule has 1 aromatic heterocycles. The van der Waals surface area contributed by atoms with Crippen LogP contribution < -0.4 is 0 Å². The van der Waals surface area contributed by atoms with Gasteiger partial charge in [-0.25, -0.2) is 0 Å². The molecule has 0 fully saturated rings. The molecule has 1 rings (SSSR count). The Bertz CT molecular complexity index is 300. The van der Waals surface area contributed by atoms with E-state index in [2.05, 4.69) is 0 Å². The van der Waals surface area contributed by atoms with Crippen LogP contribution in [0.2, 0.25) is 0 Å². The minimum Gasteiger partial charge on any atom is -0.258 e. The fourth-order valence-corrected chi connectivity index (χ4v) is 2.64. The van der Waals surface area contributed by atoms with Crippen LogP contribution in [0.4, 0.5) is 5.69 Å². The van der Waals surface area contributed by atoms with Gasteiger partial charge in [-0.2, -0.15) is 0 Å². The zero-order chi connectivity index (χ0) is 9.14. The summed E-state index contributed by atoms with van der Waals surface area (Å²) in [6, 6.07) is 1.52. The summed E-state index contributed by atoms with van der Waals surface area (Å²) in [6.07, 6.45) is 0.679. The van der Waals surface area contributed by atoms with E-state index in [-0.39, 0.29) is 10.6 Å². The lowest BCUT2D eigenvalue weighted by Gasteiger charge is -1.87. The van der Waals surface area contributed by atoms with Gasteiger partial charge in [-0.05, 0) is 28.1 Å². The summed E-state index contributed by atoms with van der Waals surface area (Å²) in [4.78, 5) is 10.9. The minimum atomic E-state index is -0.369. The normalized spacial score (nSPS) is 10.2. The lowest BCUT2D eigenvalue weighted by Crippen LogP contribution is -1.88. The van der Waals surface area contributed by atoms with E-state index >= 15 is 0 Å². The third-order valence-corrected chi connectivity index (χ3v) is 3.96. The molecular formula is C6H6ClNO2S2. The Morgan fingerprint density at radius 2 is 2.50 bits per heavy atom. The highest BCUT2D eigenvalue weighted by atomic mass is 35.7. The molecule has 0 aromatic carbocycles. The number of hydrogen-bond donors (Lipinski definition) is 0. The van der Waals surface area contributed by atoms with Crippen molar-refractivity contribution in [2.45, 2.75) is 17.6 Å². The number of rotatable bonds is 3. The quantitative estimate of drug-likeness (QED) is 0.582. The highest BCUT2D eigenvalue weighted by Gasteiger charge is 2.16. The molecule has 0 saturated carbocycles. The van der Waals surface area contributed by atoms with E-state index in [1.54, 1.807) is 0 Å². The number of nitro groups is 1. The molecule has 0 amide bonds. The maximum Gasteiger partial charge on any atom is 0.284 e. The smallest absolute Gasteiger partial charge is 0.258 e. The van der Waals surface area contributed by atoms with Gasteiger partial charge >= 0.3 is 0 Å². The van der Waals surface area contributed by atoms with Gasteiger partial charge in [0.25, 0.3) is 5.69 Å². The van der Waals surface area contributed by atoms with Gasteiger partial charge in [-0.1, -0.05) is 6.92 Å². The van der Waals surface area contributed by atoms with Crippen molar-refractivity contribution in [3.63, 3.8) is 0 Å². The summed E-state index contributed by atoms with van der Waals surface area (Å²) in [5.74, 6) is 0. The Morgan fingerprint density at radius 3 is 2.83 bits per heavy atom. The Labute approximate surface area is 82.4 Å². The van der Waals surface area contributed by atoms with E-state index in [9.17, 15) is 10.1 Å². The van der Waals surface area contributed by atoms with Crippen LogP contribution in [-0.2, 0) is 6.42 Å². The van der Waals surface area contributed by atoms with E-state index in [0.29, 0.717) is 6.42 Å². The van der Waals surface area contributed by atoms with Crippen molar-refractivity contribution in [1.82, 2.24) is 0 Å². The summed E-state index contributed by atoms with van der Waals surface area (Å²) in [6.45, 7) is 1.89. The Balaban J connectivity index is 3.08. The molecule has 12 heavy (non-hydrogen) atoms. The van der Waals surface area contributed by atoms with Crippen molar-refractivity contribution in [1.29, 1.82) is 0 Å². The molecule has 0 radical (unpaired) electrons. The van der Waals surface area contributed by atoms with E-state index in [1.165, 1.54) is 17.4 Å². The molecule has 0 aliphatic heterocycles. The van der Waals surface area contributed by atoms with Gasteiger partial charge < -0.3 is 0 Å². The van der Waals surface area contributed by atoms with Crippen LogP contribution in [0, 0.1) is 10.1 Å². The zero-order valence-corrected chi connectivity index (χ0v) is 8.63. The number of halogens is 1. The van der Waals surface area contributed by atoms with Gasteiger partial charge in [-0.3, -0.25) is 10.1 Å². The first-order chi connectivity index (χ1) is 5.69. The monoisotopic (exact) mass is 223 g/mol. The topological polar surface area (TPSA) is 43.1 Å². The second kappa shape index (κ2) is 4.11. The number of aryl methyl sites for hydroxylation is 1. The van der Waals surface area contributed by atoms with Gasteiger partial charge in [0, 0.05) is 6.07 Å². The average Bonchev–Trinajstić information content (AvgIpc) is 2.47. The van der Waals surface area contributed by atoms with Crippen molar-refractivity contribution in [2.75, 3.05) is 0 Å². The zero-order valence-electron chi connectivity index (χ0n) is 6.24. The Morgan fingerprint density at radius 1 is 1.83 bits per heavy atom. The molecule has 6 heteroatoms. The van der Waals surface area contributed by atoms with Crippen LogP contribution in [0.1, 0.15) is 11.8 Å². The van der Waals surface area contributed by atoms with Crippen molar-refractivity contribution in [3.05, 3.63) is 21.1 Å². The number of nitrogens with zero attached hydrogens (tertiary/aromatic N) is 1. The first kappa shape index (κ1) is 9.83. The van der Waals surface area contributed by atoms with Crippen molar-refractivity contribution < 1.29 is 4.92 Å². The molecule has 3 nitrogen and oxygen atoms in total. The molecule has 0 aliphatic rings. The maximum absolute atomic E-state index is 10.5. The molecule has 0 bridgehead atoms. The summed E-state index contributed by atoms with van der Waals surface area (Å²) >= 11 is 1.38. The van der Waals surface area contributed by atoms with Crippen LogP contribution in [0.3, 0.4) is 0 Å². The highest BCUT2D eigenvalue weighted by molar-refractivity contribution is 8.22. The summed E-state index contributed by atoms with van der Waals surface area (Å²) < 4.78 is 0.778. The lowest BCUT2D eigenvalue weighted by atomic mass is 10.3. The molecule has 1 heterocycles. The molecule has 1 aromatic rings. The maximum atomic E-state index is 10.5. The van der Waals surface area contributed by atoms with Crippen LogP contribution >= 0.6 is 33.0 Å². The average molecular weight is 224 g/mol. The van der Waals surface area contributed by atoms with Gasteiger partial charge in [0.1, 0.15) is 0 Å². The SMILES string of the molecule is CCc1sc(SCl)cc1[N+](=O)[O-]. The van der Waals surface area contributed by atoms with E-state index in [4.69, 9.17) is 10.7 Å². The minimum absolute atomic E-state index is 0.186.